The van der Waals surface area contributed by atoms with Gasteiger partial charge in [0.25, 0.3) is 5.91 Å². The van der Waals surface area contributed by atoms with Gasteiger partial charge in [0.05, 0.1) is 5.56 Å². The van der Waals surface area contributed by atoms with Gasteiger partial charge in [0.1, 0.15) is 0 Å². The van der Waals surface area contributed by atoms with Crippen molar-refractivity contribution in [2.45, 2.75) is 12.8 Å². The van der Waals surface area contributed by atoms with Gasteiger partial charge in [-0.3, -0.25) is 4.79 Å². The zero-order valence-electron chi connectivity index (χ0n) is 8.17. The number of hydrogen-bond donors (Lipinski definition) is 0. The first-order valence-electron chi connectivity index (χ1n) is 4.93. The zero-order valence-corrected chi connectivity index (χ0v) is 10.5. The number of halogens is 2. The van der Waals surface area contributed by atoms with E-state index in [1.54, 1.807) is 12.1 Å². The molecule has 1 aromatic carbocycles. The predicted molar refractivity (Wildman–Crippen MR) is 64.3 cm³/mol. The Morgan fingerprint density at radius 1 is 1.33 bits per heavy atom. The van der Waals surface area contributed by atoms with Crippen molar-refractivity contribution in [2.24, 2.45) is 0 Å². The van der Waals surface area contributed by atoms with Crippen LogP contribution in [0.25, 0.3) is 0 Å². The minimum Gasteiger partial charge on any atom is -0.339 e. The maximum Gasteiger partial charge on any atom is 0.255 e. The lowest BCUT2D eigenvalue weighted by Gasteiger charge is -2.16. The van der Waals surface area contributed by atoms with Crippen LogP contribution >= 0.6 is 27.5 Å². The molecule has 1 amide bonds. The van der Waals surface area contributed by atoms with Crippen molar-refractivity contribution >= 4 is 33.4 Å². The van der Waals surface area contributed by atoms with Crippen LogP contribution < -0.4 is 0 Å². The van der Waals surface area contributed by atoms with Crippen molar-refractivity contribution in [3.05, 3.63) is 33.3 Å². The molecule has 0 unspecified atom stereocenters. The smallest absolute Gasteiger partial charge is 0.255 e. The Morgan fingerprint density at radius 3 is 2.67 bits per heavy atom. The van der Waals surface area contributed by atoms with Crippen LogP contribution in [0.5, 0.6) is 0 Å². The Hall–Kier alpha value is -0.540. The normalized spacial score (nSPS) is 15.7. The number of amides is 1. The fraction of sp³-hybridized carbons (Fsp3) is 0.364. The minimum atomic E-state index is 0.0712. The third kappa shape index (κ3) is 2.34. The Labute approximate surface area is 102 Å². The van der Waals surface area contributed by atoms with E-state index in [0.717, 1.165) is 30.4 Å². The van der Waals surface area contributed by atoms with Crippen LogP contribution in [0.15, 0.2) is 22.7 Å². The van der Waals surface area contributed by atoms with Crippen LogP contribution in [0, 0.1) is 0 Å². The molecule has 0 aromatic heterocycles. The standard InChI is InChI=1S/C11H11BrClNO/c12-10-4-3-8(13)7-9(10)11(15)14-5-1-2-6-14/h3-4,7H,1-2,5-6H2. The Bertz CT molecular complexity index is 388. The van der Waals surface area contributed by atoms with E-state index in [2.05, 4.69) is 15.9 Å². The van der Waals surface area contributed by atoms with Gasteiger partial charge in [-0.1, -0.05) is 11.6 Å². The molecule has 0 saturated carbocycles. The molecule has 1 heterocycles. The fourth-order valence-corrected chi connectivity index (χ4v) is 2.34. The summed E-state index contributed by atoms with van der Waals surface area (Å²) in [6.45, 7) is 1.72. The molecule has 0 spiro atoms. The Balaban J connectivity index is 2.27. The number of carbonyl (C=O) groups is 1. The van der Waals surface area contributed by atoms with Crippen LogP contribution in [-0.2, 0) is 0 Å². The first-order valence-corrected chi connectivity index (χ1v) is 6.10. The highest BCUT2D eigenvalue weighted by Gasteiger charge is 2.21. The molecular formula is C11H11BrClNO. The van der Waals surface area contributed by atoms with Crippen LogP contribution in [0.3, 0.4) is 0 Å². The van der Waals surface area contributed by atoms with Crippen LogP contribution in [0.2, 0.25) is 5.02 Å². The lowest BCUT2D eigenvalue weighted by atomic mass is 10.2. The topological polar surface area (TPSA) is 20.3 Å². The second-order valence-electron chi connectivity index (χ2n) is 3.62. The van der Waals surface area contributed by atoms with E-state index in [-0.39, 0.29) is 5.91 Å². The minimum absolute atomic E-state index is 0.0712. The zero-order chi connectivity index (χ0) is 10.8. The summed E-state index contributed by atoms with van der Waals surface area (Å²) >= 11 is 9.25. The molecule has 1 aromatic rings. The fourth-order valence-electron chi connectivity index (χ4n) is 1.75. The van der Waals surface area contributed by atoms with Gasteiger partial charge in [0.15, 0.2) is 0 Å². The van der Waals surface area contributed by atoms with Crippen molar-refractivity contribution in [3.63, 3.8) is 0 Å². The number of nitrogens with zero attached hydrogens (tertiary/aromatic N) is 1. The highest BCUT2D eigenvalue weighted by atomic mass is 79.9. The first kappa shape index (κ1) is 11.0. The lowest BCUT2D eigenvalue weighted by Crippen LogP contribution is -2.27. The molecule has 80 valence electrons. The van der Waals surface area contributed by atoms with E-state index in [0.29, 0.717) is 10.6 Å². The van der Waals surface area contributed by atoms with Crippen molar-refractivity contribution in [2.75, 3.05) is 13.1 Å². The number of benzene rings is 1. The van der Waals surface area contributed by atoms with Gasteiger partial charge in [-0.2, -0.15) is 0 Å². The molecule has 2 nitrogen and oxygen atoms in total. The van der Waals surface area contributed by atoms with Gasteiger partial charge in [0, 0.05) is 22.6 Å². The average molecular weight is 289 g/mol. The van der Waals surface area contributed by atoms with E-state index >= 15 is 0 Å². The Kier molecular flexibility index (Phi) is 3.32. The molecule has 1 aliphatic rings. The number of likely N-dealkylation sites (tertiary alicyclic amines) is 1. The van der Waals surface area contributed by atoms with E-state index in [1.807, 2.05) is 11.0 Å². The van der Waals surface area contributed by atoms with Crippen molar-refractivity contribution in [3.8, 4) is 0 Å². The molecule has 1 aliphatic heterocycles. The summed E-state index contributed by atoms with van der Waals surface area (Å²) in [5, 5.41) is 0.598. The van der Waals surface area contributed by atoms with Crippen molar-refractivity contribution < 1.29 is 4.79 Å². The van der Waals surface area contributed by atoms with Gasteiger partial charge >= 0.3 is 0 Å². The summed E-state index contributed by atoms with van der Waals surface area (Å²) in [6.07, 6.45) is 2.20. The van der Waals surface area contributed by atoms with E-state index in [4.69, 9.17) is 11.6 Å². The molecule has 4 heteroatoms. The molecular weight excluding hydrogens is 277 g/mol. The maximum absolute atomic E-state index is 12.1. The van der Waals surface area contributed by atoms with Crippen molar-refractivity contribution in [1.29, 1.82) is 0 Å². The van der Waals surface area contributed by atoms with Gasteiger partial charge in [-0.05, 0) is 47.0 Å². The van der Waals surface area contributed by atoms with E-state index < -0.39 is 0 Å². The van der Waals surface area contributed by atoms with E-state index in [9.17, 15) is 4.79 Å². The molecule has 1 fully saturated rings. The molecule has 0 aliphatic carbocycles. The monoisotopic (exact) mass is 287 g/mol. The molecule has 0 bridgehead atoms. The summed E-state index contributed by atoms with van der Waals surface area (Å²) in [5.41, 5.74) is 0.657. The summed E-state index contributed by atoms with van der Waals surface area (Å²) in [6, 6.07) is 5.30. The van der Waals surface area contributed by atoms with Crippen LogP contribution in [0.1, 0.15) is 23.2 Å². The third-order valence-electron chi connectivity index (χ3n) is 2.55. The maximum atomic E-state index is 12.1. The van der Waals surface area contributed by atoms with Crippen LogP contribution in [0.4, 0.5) is 0 Å². The Morgan fingerprint density at radius 2 is 2.00 bits per heavy atom. The summed E-state index contributed by atoms with van der Waals surface area (Å²) in [7, 11) is 0. The molecule has 0 N–H and O–H groups in total. The second-order valence-corrected chi connectivity index (χ2v) is 4.91. The highest BCUT2D eigenvalue weighted by molar-refractivity contribution is 9.10. The summed E-state index contributed by atoms with van der Waals surface area (Å²) in [5.74, 6) is 0.0712. The summed E-state index contributed by atoms with van der Waals surface area (Å²) < 4.78 is 0.809. The predicted octanol–water partition coefficient (Wildman–Crippen LogP) is 3.34. The molecule has 0 atom stereocenters. The number of rotatable bonds is 1. The second kappa shape index (κ2) is 4.54. The number of hydrogen-bond acceptors (Lipinski definition) is 1. The highest BCUT2D eigenvalue weighted by Crippen LogP contribution is 2.23. The molecule has 2 rings (SSSR count). The largest absolute Gasteiger partial charge is 0.339 e. The van der Waals surface area contributed by atoms with Crippen LogP contribution in [-0.4, -0.2) is 23.9 Å². The molecule has 15 heavy (non-hydrogen) atoms. The average Bonchev–Trinajstić information content (AvgIpc) is 2.74. The van der Waals surface area contributed by atoms with Gasteiger partial charge in [-0.15, -0.1) is 0 Å². The first-order chi connectivity index (χ1) is 7.18. The van der Waals surface area contributed by atoms with Gasteiger partial charge < -0.3 is 4.90 Å². The quantitative estimate of drug-likeness (QED) is 0.776. The summed E-state index contributed by atoms with van der Waals surface area (Å²) in [4.78, 5) is 13.9. The van der Waals surface area contributed by atoms with Gasteiger partial charge in [0.2, 0.25) is 0 Å². The van der Waals surface area contributed by atoms with Crippen molar-refractivity contribution in [1.82, 2.24) is 4.90 Å². The SMILES string of the molecule is O=C(c1cc(Cl)ccc1Br)N1CCCC1. The molecule has 0 radical (unpaired) electrons. The lowest BCUT2D eigenvalue weighted by molar-refractivity contribution is 0.0792. The number of carbonyl (C=O) groups excluding carboxylic acids is 1. The van der Waals surface area contributed by atoms with Gasteiger partial charge in [-0.25, -0.2) is 0 Å². The third-order valence-corrected chi connectivity index (χ3v) is 3.48. The molecule has 1 saturated heterocycles. The van der Waals surface area contributed by atoms with E-state index in [1.165, 1.54) is 0 Å².